The molecule has 1 aliphatic rings. The minimum absolute atomic E-state index is 0.0848. The highest BCUT2D eigenvalue weighted by Gasteiger charge is 2.32. The Balaban J connectivity index is 2.09. The van der Waals surface area contributed by atoms with Crippen molar-refractivity contribution in [2.75, 3.05) is 11.4 Å². The second-order valence-corrected chi connectivity index (χ2v) is 5.04. The van der Waals surface area contributed by atoms with E-state index in [0.29, 0.717) is 16.8 Å². The van der Waals surface area contributed by atoms with E-state index >= 15 is 0 Å². The molecule has 1 atom stereocenters. The van der Waals surface area contributed by atoms with Gasteiger partial charge in [0.05, 0.1) is 17.8 Å². The summed E-state index contributed by atoms with van der Waals surface area (Å²) in [6.07, 6.45) is -0.648. The van der Waals surface area contributed by atoms with Crippen molar-refractivity contribution in [1.82, 2.24) is 5.32 Å². The van der Waals surface area contributed by atoms with Gasteiger partial charge in [-0.3, -0.25) is 9.59 Å². The predicted octanol–water partition coefficient (Wildman–Crippen LogP) is 1.56. The van der Waals surface area contributed by atoms with Crippen LogP contribution in [0, 0.1) is 5.82 Å². The van der Waals surface area contributed by atoms with Gasteiger partial charge in [-0.15, -0.1) is 0 Å². The third-order valence-electron chi connectivity index (χ3n) is 3.53. The van der Waals surface area contributed by atoms with Crippen molar-refractivity contribution in [3.63, 3.8) is 0 Å². The number of rotatable bonds is 3. The summed E-state index contributed by atoms with van der Waals surface area (Å²) in [4.78, 5) is 25.3. The molecule has 3 rings (SSSR count). The first-order valence-corrected chi connectivity index (χ1v) is 6.76. The molecule has 0 saturated heterocycles. The van der Waals surface area contributed by atoms with Gasteiger partial charge in [-0.1, -0.05) is 24.3 Å². The molecular formula is C16H14FN3O2. The van der Waals surface area contributed by atoms with Gasteiger partial charge in [0, 0.05) is 0 Å². The number of nitrogens with zero attached hydrogens (tertiary/aromatic N) is 1. The lowest BCUT2D eigenvalue weighted by Crippen LogP contribution is -2.49. The van der Waals surface area contributed by atoms with Crippen LogP contribution in [-0.2, 0) is 4.79 Å². The van der Waals surface area contributed by atoms with Crippen LogP contribution in [0.5, 0.6) is 0 Å². The average molecular weight is 299 g/mol. The third-order valence-corrected chi connectivity index (χ3v) is 3.53. The summed E-state index contributed by atoms with van der Waals surface area (Å²) in [7, 11) is 0. The maximum Gasteiger partial charge on any atom is 0.255 e. The zero-order valence-corrected chi connectivity index (χ0v) is 11.6. The smallest absolute Gasteiger partial charge is 0.255 e. The number of para-hydroxylation sites is 1. The van der Waals surface area contributed by atoms with Gasteiger partial charge in [0.2, 0.25) is 5.91 Å². The van der Waals surface area contributed by atoms with Crippen LogP contribution in [-0.4, -0.2) is 18.4 Å². The van der Waals surface area contributed by atoms with Gasteiger partial charge in [-0.2, -0.15) is 0 Å². The molecule has 0 radical (unpaired) electrons. The van der Waals surface area contributed by atoms with E-state index in [1.165, 1.54) is 12.1 Å². The van der Waals surface area contributed by atoms with Crippen molar-refractivity contribution in [3.05, 3.63) is 65.5 Å². The maximum absolute atomic E-state index is 13.5. The highest BCUT2D eigenvalue weighted by atomic mass is 19.1. The van der Waals surface area contributed by atoms with E-state index in [9.17, 15) is 14.0 Å². The fourth-order valence-electron chi connectivity index (χ4n) is 2.62. The van der Waals surface area contributed by atoms with Gasteiger partial charge in [0.1, 0.15) is 12.0 Å². The predicted molar refractivity (Wildman–Crippen MR) is 79.6 cm³/mol. The molecule has 5 nitrogen and oxygen atoms in total. The lowest BCUT2D eigenvalue weighted by Gasteiger charge is -2.38. The Morgan fingerprint density at radius 2 is 2.00 bits per heavy atom. The Hall–Kier alpha value is -2.89. The van der Waals surface area contributed by atoms with Crippen LogP contribution in [0.2, 0.25) is 0 Å². The molecule has 0 aliphatic carbocycles. The SMILES string of the molecule is NC(=O)CN1c2ccccc2C(=O)NC1c1cccc(F)c1. The number of anilines is 1. The number of benzene rings is 2. The molecule has 3 N–H and O–H groups in total. The molecule has 0 aromatic heterocycles. The second kappa shape index (κ2) is 5.48. The Kier molecular flexibility index (Phi) is 3.50. The molecule has 6 heteroatoms. The van der Waals surface area contributed by atoms with E-state index in [2.05, 4.69) is 5.32 Å². The largest absolute Gasteiger partial charge is 0.368 e. The van der Waals surface area contributed by atoms with Crippen molar-refractivity contribution in [2.45, 2.75) is 6.17 Å². The number of amides is 2. The molecule has 2 aromatic rings. The zero-order valence-electron chi connectivity index (χ0n) is 11.6. The van der Waals surface area contributed by atoms with Crippen molar-refractivity contribution in [2.24, 2.45) is 5.73 Å². The summed E-state index contributed by atoms with van der Waals surface area (Å²) in [6.45, 7) is -0.0848. The molecule has 0 saturated carbocycles. The van der Waals surface area contributed by atoms with Gasteiger partial charge in [-0.25, -0.2) is 4.39 Å². The Morgan fingerprint density at radius 3 is 2.73 bits per heavy atom. The van der Waals surface area contributed by atoms with E-state index < -0.39 is 17.9 Å². The fourth-order valence-corrected chi connectivity index (χ4v) is 2.62. The summed E-state index contributed by atoms with van der Waals surface area (Å²) in [5.41, 5.74) is 6.91. The van der Waals surface area contributed by atoms with Gasteiger partial charge in [-0.05, 0) is 29.8 Å². The van der Waals surface area contributed by atoms with Crippen LogP contribution in [0.25, 0.3) is 0 Å². The molecule has 0 spiro atoms. The first kappa shape index (κ1) is 14.1. The van der Waals surface area contributed by atoms with E-state index in [1.807, 2.05) is 0 Å². The van der Waals surface area contributed by atoms with Gasteiger partial charge < -0.3 is 16.0 Å². The monoisotopic (exact) mass is 299 g/mol. The molecule has 112 valence electrons. The van der Waals surface area contributed by atoms with Gasteiger partial charge in [0.25, 0.3) is 5.91 Å². The highest BCUT2D eigenvalue weighted by Crippen LogP contribution is 2.32. The molecular weight excluding hydrogens is 285 g/mol. The lowest BCUT2D eigenvalue weighted by molar-refractivity contribution is -0.116. The van der Waals surface area contributed by atoms with Crippen molar-refractivity contribution in [1.29, 1.82) is 0 Å². The van der Waals surface area contributed by atoms with E-state index in [1.54, 1.807) is 41.3 Å². The standard InChI is InChI=1S/C16H14FN3O2/c17-11-5-3-4-10(8-11)15-19-16(22)12-6-1-2-7-13(12)20(15)9-14(18)21/h1-8,15H,9H2,(H2,18,21)(H,19,22). The number of nitrogens with two attached hydrogens (primary N) is 1. The quantitative estimate of drug-likeness (QED) is 0.903. The minimum Gasteiger partial charge on any atom is -0.368 e. The molecule has 0 fully saturated rings. The van der Waals surface area contributed by atoms with E-state index in [0.717, 1.165) is 0 Å². The first-order chi connectivity index (χ1) is 10.6. The third kappa shape index (κ3) is 2.50. The molecule has 1 aliphatic heterocycles. The van der Waals surface area contributed by atoms with Crippen LogP contribution in [0.3, 0.4) is 0 Å². The number of hydrogen-bond donors (Lipinski definition) is 2. The summed E-state index contributed by atoms with van der Waals surface area (Å²) in [5.74, 6) is -1.22. The summed E-state index contributed by atoms with van der Waals surface area (Å²) in [5, 5.41) is 2.78. The van der Waals surface area contributed by atoms with Crippen LogP contribution in [0.1, 0.15) is 22.1 Å². The zero-order chi connectivity index (χ0) is 15.7. The fraction of sp³-hybridized carbons (Fsp3) is 0.125. The highest BCUT2D eigenvalue weighted by molar-refractivity contribution is 6.02. The second-order valence-electron chi connectivity index (χ2n) is 5.04. The first-order valence-electron chi connectivity index (χ1n) is 6.76. The van der Waals surface area contributed by atoms with E-state index in [4.69, 9.17) is 5.73 Å². The maximum atomic E-state index is 13.5. The molecule has 2 aromatic carbocycles. The number of fused-ring (bicyclic) bond motifs is 1. The van der Waals surface area contributed by atoms with Gasteiger partial charge in [0.15, 0.2) is 0 Å². The number of halogens is 1. The van der Waals surface area contributed by atoms with Gasteiger partial charge >= 0.3 is 0 Å². The number of hydrogen-bond acceptors (Lipinski definition) is 3. The van der Waals surface area contributed by atoms with Crippen molar-refractivity contribution < 1.29 is 14.0 Å². The molecule has 1 unspecified atom stereocenters. The number of carbonyl (C=O) groups excluding carboxylic acids is 2. The van der Waals surface area contributed by atoms with E-state index in [-0.39, 0.29) is 12.5 Å². The topological polar surface area (TPSA) is 75.4 Å². The van der Waals surface area contributed by atoms with Crippen LogP contribution < -0.4 is 16.0 Å². The molecule has 1 heterocycles. The lowest BCUT2D eigenvalue weighted by atomic mass is 10.0. The van der Waals surface area contributed by atoms with Crippen molar-refractivity contribution >= 4 is 17.5 Å². The minimum atomic E-state index is -0.648. The Morgan fingerprint density at radius 1 is 1.23 bits per heavy atom. The number of primary amides is 1. The molecule has 22 heavy (non-hydrogen) atoms. The van der Waals surface area contributed by atoms with Crippen LogP contribution in [0.4, 0.5) is 10.1 Å². The number of nitrogens with one attached hydrogen (secondary N) is 1. The molecule has 0 bridgehead atoms. The normalized spacial score (nSPS) is 16.9. The summed E-state index contributed by atoms with van der Waals surface area (Å²) < 4.78 is 13.5. The van der Waals surface area contributed by atoms with Crippen LogP contribution >= 0.6 is 0 Å². The van der Waals surface area contributed by atoms with Crippen molar-refractivity contribution in [3.8, 4) is 0 Å². The molecule has 2 amide bonds. The Labute approximate surface area is 126 Å². The van der Waals surface area contributed by atoms with Crippen LogP contribution in [0.15, 0.2) is 48.5 Å². The average Bonchev–Trinajstić information content (AvgIpc) is 2.49. The summed E-state index contributed by atoms with van der Waals surface area (Å²) in [6, 6.07) is 12.8. The Bertz CT molecular complexity index is 748. The number of carbonyl (C=O) groups is 2. The summed E-state index contributed by atoms with van der Waals surface area (Å²) >= 11 is 0.